The molecule has 116 valence electrons. The fraction of sp³-hybridized carbons (Fsp3) is 0.786. The Balaban J connectivity index is 1.73. The number of carboxylic acid groups (broad SMARTS) is 1. The van der Waals surface area contributed by atoms with Crippen LogP contribution in [0.3, 0.4) is 0 Å². The van der Waals surface area contributed by atoms with E-state index < -0.39 is 17.9 Å². The van der Waals surface area contributed by atoms with Gasteiger partial charge in [0.15, 0.2) is 0 Å². The fourth-order valence-corrected chi connectivity index (χ4v) is 5.02. The number of hydrogen-bond donors (Lipinski definition) is 1. The van der Waals surface area contributed by atoms with Crippen molar-refractivity contribution >= 4 is 29.5 Å². The Kier molecular flexibility index (Phi) is 3.63. The fourth-order valence-electron chi connectivity index (χ4n) is 3.59. The van der Waals surface area contributed by atoms with Crippen LogP contribution >= 0.6 is 11.8 Å². The van der Waals surface area contributed by atoms with Crippen LogP contribution in [0.25, 0.3) is 0 Å². The topological polar surface area (TPSA) is 77.9 Å². The van der Waals surface area contributed by atoms with Gasteiger partial charge in [0.25, 0.3) is 0 Å². The predicted molar refractivity (Wildman–Crippen MR) is 77.7 cm³/mol. The van der Waals surface area contributed by atoms with E-state index in [2.05, 4.69) is 0 Å². The average Bonchev–Trinajstić information content (AvgIpc) is 2.95. The highest BCUT2D eigenvalue weighted by Crippen LogP contribution is 2.47. The second-order valence-electron chi connectivity index (χ2n) is 6.23. The summed E-state index contributed by atoms with van der Waals surface area (Å²) in [6, 6.07) is -0.414. The molecule has 6 nitrogen and oxygen atoms in total. The standard InChI is InChI=1S/C14H20N2O4S/c1-14-5-4-11(17)16(14)10(8-21-14)12(18)15-6-2-3-9(7-15)13(19)20/h9-10H,2-8H2,1H3,(H,19,20)/t9-,10?,14?/m0/s1. The third kappa shape index (κ3) is 2.41. The minimum absolute atomic E-state index is 0.0487. The van der Waals surface area contributed by atoms with Crippen molar-refractivity contribution in [3.63, 3.8) is 0 Å². The van der Waals surface area contributed by atoms with Crippen LogP contribution in [-0.4, -0.2) is 62.4 Å². The summed E-state index contributed by atoms with van der Waals surface area (Å²) in [5.41, 5.74) is 0. The van der Waals surface area contributed by atoms with Crippen LogP contribution in [0.1, 0.15) is 32.6 Å². The number of nitrogens with zero attached hydrogens (tertiary/aromatic N) is 2. The summed E-state index contributed by atoms with van der Waals surface area (Å²) >= 11 is 1.67. The molecule has 2 amide bonds. The van der Waals surface area contributed by atoms with E-state index in [1.807, 2.05) is 6.92 Å². The Bertz CT molecular complexity index is 497. The van der Waals surface area contributed by atoms with Gasteiger partial charge in [-0.1, -0.05) is 0 Å². The third-order valence-electron chi connectivity index (χ3n) is 4.81. The first-order chi connectivity index (χ1) is 9.92. The van der Waals surface area contributed by atoms with Gasteiger partial charge >= 0.3 is 5.97 Å². The summed E-state index contributed by atoms with van der Waals surface area (Å²) in [5, 5.41) is 9.13. The molecule has 3 saturated heterocycles. The van der Waals surface area contributed by atoms with Gasteiger partial charge in [0, 0.05) is 25.3 Å². The summed E-state index contributed by atoms with van der Waals surface area (Å²) in [6.07, 6.45) is 2.63. The number of likely N-dealkylation sites (tertiary alicyclic amines) is 1. The monoisotopic (exact) mass is 312 g/mol. The molecule has 1 N–H and O–H groups in total. The first-order valence-electron chi connectivity index (χ1n) is 7.40. The van der Waals surface area contributed by atoms with Crippen LogP contribution in [0.4, 0.5) is 0 Å². The number of amides is 2. The third-order valence-corrected chi connectivity index (χ3v) is 6.32. The number of fused-ring (bicyclic) bond motifs is 1. The molecule has 3 rings (SSSR count). The molecule has 3 aliphatic rings. The quantitative estimate of drug-likeness (QED) is 0.814. The Morgan fingerprint density at radius 1 is 1.43 bits per heavy atom. The van der Waals surface area contributed by atoms with Gasteiger partial charge in [0.2, 0.25) is 11.8 Å². The predicted octanol–water partition coefficient (Wildman–Crippen LogP) is 0.764. The smallest absolute Gasteiger partial charge is 0.308 e. The molecular formula is C14H20N2O4S. The SMILES string of the molecule is CC12CCC(=O)N1C(C(=O)N1CCC[C@H](C(=O)O)C1)CS2. The molecule has 0 saturated carbocycles. The van der Waals surface area contributed by atoms with Crippen molar-refractivity contribution in [1.29, 1.82) is 0 Å². The molecule has 0 bridgehead atoms. The first kappa shape index (κ1) is 14.7. The molecular weight excluding hydrogens is 292 g/mol. The van der Waals surface area contributed by atoms with Crippen LogP contribution in [-0.2, 0) is 14.4 Å². The van der Waals surface area contributed by atoms with E-state index in [9.17, 15) is 14.4 Å². The zero-order chi connectivity index (χ0) is 15.2. The van der Waals surface area contributed by atoms with Gasteiger partial charge in [-0.3, -0.25) is 14.4 Å². The summed E-state index contributed by atoms with van der Waals surface area (Å²) in [7, 11) is 0. The number of carbonyl (C=O) groups is 3. The zero-order valence-electron chi connectivity index (χ0n) is 12.1. The molecule has 3 fully saturated rings. The van der Waals surface area contributed by atoms with Crippen molar-refractivity contribution in [2.45, 2.75) is 43.5 Å². The van der Waals surface area contributed by atoms with Crippen LogP contribution in [0.2, 0.25) is 0 Å². The molecule has 3 heterocycles. The molecule has 21 heavy (non-hydrogen) atoms. The van der Waals surface area contributed by atoms with E-state index in [-0.39, 0.29) is 23.2 Å². The van der Waals surface area contributed by atoms with Crippen LogP contribution in [0.15, 0.2) is 0 Å². The minimum atomic E-state index is -0.838. The number of piperidine rings is 1. The van der Waals surface area contributed by atoms with Crippen molar-refractivity contribution in [3.8, 4) is 0 Å². The molecule has 7 heteroatoms. The second-order valence-corrected chi connectivity index (χ2v) is 7.73. The molecule has 2 unspecified atom stereocenters. The van der Waals surface area contributed by atoms with Gasteiger partial charge in [0.1, 0.15) is 6.04 Å². The highest BCUT2D eigenvalue weighted by atomic mass is 32.2. The zero-order valence-corrected chi connectivity index (χ0v) is 12.9. The van der Waals surface area contributed by atoms with E-state index in [1.54, 1.807) is 21.6 Å². The number of hydrogen-bond acceptors (Lipinski definition) is 4. The van der Waals surface area contributed by atoms with Crippen molar-refractivity contribution in [1.82, 2.24) is 9.80 Å². The highest BCUT2D eigenvalue weighted by molar-refractivity contribution is 8.01. The average molecular weight is 312 g/mol. The maximum absolute atomic E-state index is 12.7. The van der Waals surface area contributed by atoms with E-state index in [4.69, 9.17) is 5.11 Å². The lowest BCUT2D eigenvalue weighted by Crippen LogP contribution is -2.53. The normalized spacial score (nSPS) is 36.0. The van der Waals surface area contributed by atoms with Gasteiger partial charge in [-0.05, 0) is 26.2 Å². The lowest BCUT2D eigenvalue weighted by Gasteiger charge is -2.36. The molecule has 0 spiro atoms. The summed E-state index contributed by atoms with van der Waals surface area (Å²) in [6.45, 7) is 2.89. The lowest BCUT2D eigenvalue weighted by atomic mass is 9.97. The van der Waals surface area contributed by atoms with Gasteiger partial charge in [-0.15, -0.1) is 11.8 Å². The largest absolute Gasteiger partial charge is 0.481 e. The Morgan fingerprint density at radius 2 is 2.19 bits per heavy atom. The first-order valence-corrected chi connectivity index (χ1v) is 8.39. The second kappa shape index (κ2) is 5.19. The number of aliphatic carboxylic acids is 1. The van der Waals surface area contributed by atoms with Crippen LogP contribution in [0.5, 0.6) is 0 Å². The maximum atomic E-state index is 12.7. The lowest BCUT2D eigenvalue weighted by molar-refractivity contribution is -0.149. The number of carboxylic acids is 1. The van der Waals surface area contributed by atoms with E-state index in [0.717, 1.165) is 6.42 Å². The van der Waals surface area contributed by atoms with Crippen molar-refractivity contribution in [3.05, 3.63) is 0 Å². The Labute approximate surface area is 127 Å². The van der Waals surface area contributed by atoms with Gasteiger partial charge in [0.05, 0.1) is 10.8 Å². The summed E-state index contributed by atoms with van der Waals surface area (Å²) in [4.78, 5) is 39.1. The van der Waals surface area contributed by atoms with E-state index in [1.165, 1.54) is 0 Å². The molecule has 0 radical (unpaired) electrons. The summed E-state index contributed by atoms with van der Waals surface area (Å²) in [5.74, 6) is -0.720. The highest BCUT2D eigenvalue weighted by Gasteiger charge is 2.53. The number of rotatable bonds is 2. The van der Waals surface area contributed by atoms with Crippen molar-refractivity contribution in [2.24, 2.45) is 5.92 Å². The Morgan fingerprint density at radius 3 is 2.90 bits per heavy atom. The van der Waals surface area contributed by atoms with Crippen LogP contribution in [0, 0.1) is 5.92 Å². The molecule has 3 aliphatic heterocycles. The van der Waals surface area contributed by atoms with E-state index in [0.29, 0.717) is 31.6 Å². The van der Waals surface area contributed by atoms with Gasteiger partial charge in [-0.25, -0.2) is 0 Å². The van der Waals surface area contributed by atoms with Gasteiger partial charge < -0.3 is 14.9 Å². The molecule has 0 aromatic carbocycles. The van der Waals surface area contributed by atoms with E-state index >= 15 is 0 Å². The number of carbonyl (C=O) groups excluding carboxylic acids is 2. The van der Waals surface area contributed by atoms with Gasteiger partial charge in [-0.2, -0.15) is 0 Å². The number of thioether (sulfide) groups is 1. The molecule has 0 aromatic heterocycles. The van der Waals surface area contributed by atoms with Crippen molar-refractivity contribution < 1.29 is 19.5 Å². The maximum Gasteiger partial charge on any atom is 0.308 e. The molecule has 3 atom stereocenters. The Hall–Kier alpha value is -1.24. The summed E-state index contributed by atoms with van der Waals surface area (Å²) < 4.78 is 0. The molecule has 0 aromatic rings. The van der Waals surface area contributed by atoms with Crippen molar-refractivity contribution in [2.75, 3.05) is 18.8 Å². The minimum Gasteiger partial charge on any atom is -0.481 e. The molecule has 0 aliphatic carbocycles. The van der Waals surface area contributed by atoms with Crippen LogP contribution < -0.4 is 0 Å².